The molecule has 5 heteroatoms. The van der Waals surface area contributed by atoms with Gasteiger partial charge in [0.25, 0.3) is 0 Å². The molecule has 0 atom stereocenters. The second-order valence-corrected chi connectivity index (χ2v) is 5.02. The summed E-state index contributed by atoms with van der Waals surface area (Å²) in [6.45, 7) is -0.287. The van der Waals surface area contributed by atoms with Gasteiger partial charge in [-0.25, -0.2) is 0 Å². The average molecular weight is 268 g/mol. The van der Waals surface area contributed by atoms with Crippen LogP contribution in [0.3, 0.4) is 0 Å². The lowest BCUT2D eigenvalue weighted by Gasteiger charge is -2.23. The van der Waals surface area contributed by atoms with Crippen molar-refractivity contribution in [3.05, 3.63) is 34.9 Å². The van der Waals surface area contributed by atoms with Crippen molar-refractivity contribution in [2.45, 2.75) is 18.3 Å². The SMILES string of the molecule is CN(CC(=O)O)C(=O)C1(c2ccccc2Cl)CC1. The second kappa shape index (κ2) is 4.61. The maximum absolute atomic E-state index is 12.3. The number of hydrogen-bond donors (Lipinski definition) is 1. The van der Waals surface area contributed by atoms with Crippen LogP contribution in [0.4, 0.5) is 0 Å². The summed E-state index contributed by atoms with van der Waals surface area (Å²) in [5.74, 6) is -1.18. The van der Waals surface area contributed by atoms with Crippen LogP contribution >= 0.6 is 11.6 Å². The van der Waals surface area contributed by atoms with Gasteiger partial charge in [0.2, 0.25) is 5.91 Å². The predicted octanol–water partition coefficient (Wildman–Crippen LogP) is 1.91. The van der Waals surface area contributed by atoms with Gasteiger partial charge in [-0.3, -0.25) is 9.59 Å². The van der Waals surface area contributed by atoms with Gasteiger partial charge >= 0.3 is 5.97 Å². The Bertz CT molecular complexity index is 497. The Morgan fingerprint density at radius 1 is 1.39 bits per heavy atom. The Morgan fingerprint density at radius 3 is 2.50 bits per heavy atom. The van der Waals surface area contributed by atoms with Crippen molar-refractivity contribution in [1.29, 1.82) is 0 Å². The van der Waals surface area contributed by atoms with E-state index in [0.29, 0.717) is 5.02 Å². The van der Waals surface area contributed by atoms with Crippen LogP contribution in [0.5, 0.6) is 0 Å². The fraction of sp³-hybridized carbons (Fsp3) is 0.385. The fourth-order valence-electron chi connectivity index (χ4n) is 2.21. The van der Waals surface area contributed by atoms with Crippen LogP contribution in [-0.2, 0) is 15.0 Å². The Kier molecular flexibility index (Phi) is 3.30. The summed E-state index contributed by atoms with van der Waals surface area (Å²) in [6.07, 6.45) is 1.44. The van der Waals surface area contributed by atoms with Crippen LogP contribution in [0.15, 0.2) is 24.3 Å². The molecule has 18 heavy (non-hydrogen) atoms. The number of rotatable bonds is 4. The zero-order valence-corrected chi connectivity index (χ0v) is 10.8. The highest BCUT2D eigenvalue weighted by Gasteiger charge is 2.53. The molecule has 1 fully saturated rings. The van der Waals surface area contributed by atoms with Crippen LogP contribution in [-0.4, -0.2) is 35.5 Å². The Balaban J connectivity index is 2.25. The maximum Gasteiger partial charge on any atom is 0.323 e. The number of carbonyl (C=O) groups is 2. The first kappa shape index (κ1) is 12.9. The van der Waals surface area contributed by atoms with E-state index in [2.05, 4.69) is 0 Å². The van der Waals surface area contributed by atoms with E-state index in [0.717, 1.165) is 18.4 Å². The summed E-state index contributed by atoms with van der Waals surface area (Å²) in [7, 11) is 1.51. The molecule has 1 aliphatic carbocycles. The second-order valence-electron chi connectivity index (χ2n) is 4.62. The van der Waals surface area contributed by atoms with Crippen molar-refractivity contribution in [3.63, 3.8) is 0 Å². The number of nitrogens with zero attached hydrogens (tertiary/aromatic N) is 1. The van der Waals surface area contributed by atoms with E-state index in [1.165, 1.54) is 11.9 Å². The molecular formula is C13H14ClNO3. The molecule has 1 amide bonds. The first-order valence-corrected chi connectivity index (χ1v) is 6.07. The predicted molar refractivity (Wildman–Crippen MR) is 67.6 cm³/mol. The molecule has 1 aromatic carbocycles. The molecule has 0 aromatic heterocycles. The molecule has 1 N–H and O–H groups in total. The molecule has 4 nitrogen and oxygen atoms in total. The van der Waals surface area contributed by atoms with E-state index in [9.17, 15) is 9.59 Å². The molecule has 0 saturated heterocycles. The van der Waals surface area contributed by atoms with Crippen LogP contribution in [0, 0.1) is 0 Å². The molecule has 0 bridgehead atoms. The number of carboxylic acids is 1. The number of halogens is 1. The summed E-state index contributed by atoms with van der Waals surface area (Å²) < 4.78 is 0. The lowest BCUT2D eigenvalue weighted by molar-refractivity contribution is -0.144. The third kappa shape index (κ3) is 2.20. The third-order valence-corrected chi connectivity index (χ3v) is 3.60. The van der Waals surface area contributed by atoms with E-state index in [-0.39, 0.29) is 12.5 Å². The van der Waals surface area contributed by atoms with Crippen LogP contribution < -0.4 is 0 Å². The van der Waals surface area contributed by atoms with E-state index in [1.807, 2.05) is 18.2 Å². The molecule has 96 valence electrons. The van der Waals surface area contributed by atoms with Crippen molar-refractivity contribution in [1.82, 2.24) is 4.90 Å². The minimum Gasteiger partial charge on any atom is -0.480 e. The largest absolute Gasteiger partial charge is 0.480 e. The van der Waals surface area contributed by atoms with Gasteiger partial charge in [0.15, 0.2) is 0 Å². The minimum atomic E-state index is -1.01. The van der Waals surface area contributed by atoms with Gasteiger partial charge < -0.3 is 10.0 Å². The molecule has 1 saturated carbocycles. The van der Waals surface area contributed by atoms with E-state index < -0.39 is 11.4 Å². The first-order valence-electron chi connectivity index (χ1n) is 5.70. The summed E-state index contributed by atoms with van der Waals surface area (Å²) in [4.78, 5) is 24.2. The van der Waals surface area contributed by atoms with Crippen molar-refractivity contribution in [2.24, 2.45) is 0 Å². The number of hydrogen-bond acceptors (Lipinski definition) is 2. The van der Waals surface area contributed by atoms with Gasteiger partial charge in [0.1, 0.15) is 6.54 Å². The molecule has 1 aliphatic rings. The smallest absolute Gasteiger partial charge is 0.323 e. The van der Waals surface area contributed by atoms with Crippen LogP contribution in [0.2, 0.25) is 5.02 Å². The highest BCUT2D eigenvalue weighted by atomic mass is 35.5. The number of likely N-dealkylation sites (N-methyl/N-ethyl adjacent to an activating group) is 1. The van der Waals surface area contributed by atoms with Crippen LogP contribution in [0.1, 0.15) is 18.4 Å². The van der Waals surface area contributed by atoms with Gasteiger partial charge in [-0.15, -0.1) is 0 Å². The van der Waals surface area contributed by atoms with Gasteiger partial charge in [-0.05, 0) is 24.5 Å². The third-order valence-electron chi connectivity index (χ3n) is 3.27. The molecule has 0 radical (unpaired) electrons. The molecule has 0 aliphatic heterocycles. The zero-order valence-electron chi connectivity index (χ0n) is 10.0. The molecule has 0 spiro atoms. The number of carboxylic acid groups (broad SMARTS) is 1. The molecule has 2 rings (SSSR count). The maximum atomic E-state index is 12.3. The number of aliphatic carboxylic acids is 1. The lowest BCUT2D eigenvalue weighted by atomic mass is 9.94. The average Bonchev–Trinajstić information content (AvgIpc) is 3.09. The standard InChI is InChI=1S/C13H14ClNO3/c1-15(8-11(16)17)12(18)13(6-7-13)9-4-2-3-5-10(9)14/h2-5H,6-8H2,1H3,(H,16,17). The van der Waals surface area contributed by atoms with Gasteiger partial charge in [0, 0.05) is 12.1 Å². The van der Waals surface area contributed by atoms with Gasteiger partial charge in [-0.1, -0.05) is 29.8 Å². The van der Waals surface area contributed by atoms with E-state index in [1.54, 1.807) is 6.07 Å². The zero-order chi connectivity index (χ0) is 13.3. The molecule has 0 heterocycles. The summed E-state index contributed by atoms with van der Waals surface area (Å²) in [5.41, 5.74) is 0.191. The molecular weight excluding hydrogens is 254 g/mol. The fourth-order valence-corrected chi connectivity index (χ4v) is 2.53. The number of carbonyl (C=O) groups excluding carboxylic acids is 1. The van der Waals surface area contributed by atoms with E-state index in [4.69, 9.17) is 16.7 Å². The van der Waals surface area contributed by atoms with Crippen molar-refractivity contribution < 1.29 is 14.7 Å². The lowest BCUT2D eigenvalue weighted by Crippen LogP contribution is -2.39. The minimum absolute atomic E-state index is 0.169. The topological polar surface area (TPSA) is 57.6 Å². The highest BCUT2D eigenvalue weighted by molar-refractivity contribution is 6.31. The van der Waals surface area contributed by atoms with E-state index >= 15 is 0 Å². The number of benzene rings is 1. The number of amides is 1. The summed E-state index contributed by atoms with van der Waals surface area (Å²) >= 11 is 6.12. The van der Waals surface area contributed by atoms with Crippen molar-refractivity contribution in [2.75, 3.05) is 13.6 Å². The quantitative estimate of drug-likeness (QED) is 0.907. The van der Waals surface area contributed by atoms with Crippen molar-refractivity contribution >= 4 is 23.5 Å². The van der Waals surface area contributed by atoms with Gasteiger partial charge in [0.05, 0.1) is 5.41 Å². The first-order chi connectivity index (χ1) is 8.47. The normalized spacial score (nSPS) is 16.1. The summed E-state index contributed by atoms with van der Waals surface area (Å²) in [6, 6.07) is 7.24. The van der Waals surface area contributed by atoms with Crippen molar-refractivity contribution in [3.8, 4) is 0 Å². The Labute approximate surface area is 110 Å². The molecule has 0 unspecified atom stereocenters. The highest BCUT2D eigenvalue weighted by Crippen LogP contribution is 2.51. The summed E-state index contributed by atoms with van der Waals surface area (Å²) in [5, 5.41) is 9.29. The Hall–Kier alpha value is -1.55. The monoisotopic (exact) mass is 267 g/mol. The van der Waals surface area contributed by atoms with Gasteiger partial charge in [-0.2, -0.15) is 0 Å². The Morgan fingerprint density at radius 2 is 2.00 bits per heavy atom. The molecule has 1 aromatic rings. The van der Waals surface area contributed by atoms with Crippen LogP contribution in [0.25, 0.3) is 0 Å².